The molecule has 3 rings (SSSR count). The van der Waals surface area contributed by atoms with E-state index in [0.29, 0.717) is 12.1 Å². The lowest BCUT2D eigenvalue weighted by Gasteiger charge is -2.36. The highest BCUT2D eigenvalue weighted by Gasteiger charge is 2.28. The van der Waals surface area contributed by atoms with Crippen molar-refractivity contribution in [1.82, 2.24) is 15.2 Å². The summed E-state index contributed by atoms with van der Waals surface area (Å²) >= 11 is 0. The summed E-state index contributed by atoms with van der Waals surface area (Å²) in [5.74, 6) is 0.875. The van der Waals surface area contributed by atoms with Crippen LogP contribution in [0.15, 0.2) is 48.8 Å². The highest BCUT2D eigenvalue weighted by Crippen LogP contribution is 2.24. The third-order valence-corrected chi connectivity index (χ3v) is 4.69. The van der Waals surface area contributed by atoms with Crippen molar-refractivity contribution >= 4 is 5.91 Å². The monoisotopic (exact) mass is 353 g/mol. The van der Waals surface area contributed by atoms with Crippen molar-refractivity contribution in [1.29, 1.82) is 0 Å². The van der Waals surface area contributed by atoms with Gasteiger partial charge in [-0.15, -0.1) is 0 Å². The zero-order valence-corrected chi connectivity index (χ0v) is 15.4. The van der Waals surface area contributed by atoms with E-state index in [4.69, 9.17) is 4.74 Å². The van der Waals surface area contributed by atoms with Crippen LogP contribution in [0.4, 0.5) is 0 Å². The molecular formula is C21H27N3O2. The van der Waals surface area contributed by atoms with E-state index in [1.807, 2.05) is 47.5 Å². The fourth-order valence-electron chi connectivity index (χ4n) is 3.22. The molecule has 5 heteroatoms. The average molecular weight is 353 g/mol. The maximum Gasteiger partial charge on any atom is 0.254 e. The molecule has 26 heavy (non-hydrogen) atoms. The molecule has 0 spiro atoms. The molecule has 1 amide bonds. The van der Waals surface area contributed by atoms with E-state index in [-0.39, 0.29) is 11.9 Å². The number of nitrogens with zero attached hydrogens (tertiary/aromatic N) is 2. The van der Waals surface area contributed by atoms with Crippen molar-refractivity contribution in [3.8, 4) is 5.75 Å². The minimum absolute atomic E-state index is 0.00919. The van der Waals surface area contributed by atoms with Crippen molar-refractivity contribution in [2.75, 3.05) is 26.2 Å². The first-order valence-corrected chi connectivity index (χ1v) is 9.44. The van der Waals surface area contributed by atoms with E-state index in [1.165, 1.54) is 12.8 Å². The number of benzene rings is 1. The topological polar surface area (TPSA) is 54.5 Å². The molecule has 0 radical (unpaired) electrons. The third kappa shape index (κ3) is 4.61. The lowest BCUT2D eigenvalue weighted by molar-refractivity contribution is 0.0634. The van der Waals surface area contributed by atoms with Gasteiger partial charge in [0.05, 0.1) is 12.6 Å². The predicted octanol–water partition coefficient (Wildman–Crippen LogP) is 3.44. The van der Waals surface area contributed by atoms with E-state index in [0.717, 1.165) is 37.4 Å². The van der Waals surface area contributed by atoms with Crippen LogP contribution >= 0.6 is 0 Å². The Morgan fingerprint density at radius 2 is 2.12 bits per heavy atom. The van der Waals surface area contributed by atoms with Crippen molar-refractivity contribution in [3.63, 3.8) is 0 Å². The molecule has 0 saturated carbocycles. The van der Waals surface area contributed by atoms with Gasteiger partial charge in [-0.3, -0.25) is 9.78 Å². The van der Waals surface area contributed by atoms with Gasteiger partial charge in [-0.1, -0.05) is 25.8 Å². The number of unbranched alkanes of at least 4 members (excludes halogenated alkanes) is 2. The van der Waals surface area contributed by atoms with E-state index < -0.39 is 0 Å². The zero-order chi connectivity index (χ0) is 18.2. The first-order chi connectivity index (χ1) is 12.8. The van der Waals surface area contributed by atoms with Crippen LogP contribution in [0.5, 0.6) is 5.75 Å². The van der Waals surface area contributed by atoms with Crippen LogP contribution in [0.3, 0.4) is 0 Å². The first kappa shape index (κ1) is 18.4. The second-order valence-corrected chi connectivity index (χ2v) is 6.58. The molecule has 1 aliphatic heterocycles. The summed E-state index contributed by atoms with van der Waals surface area (Å²) in [5, 5.41) is 3.37. The number of aromatic nitrogens is 1. The summed E-state index contributed by atoms with van der Waals surface area (Å²) in [6.07, 6.45) is 7.01. The standard InChI is InChI=1S/C21H27N3O2/c1-2-3-4-14-26-19-9-7-17(8-10-19)21(25)24-13-12-23-16-20(24)18-6-5-11-22-15-18/h5-11,15,20,23H,2-4,12-14,16H2,1H3. The van der Waals surface area contributed by atoms with Crippen LogP contribution in [-0.4, -0.2) is 42.0 Å². The number of piperazine rings is 1. The molecule has 1 fully saturated rings. The van der Waals surface area contributed by atoms with Crippen LogP contribution in [0.25, 0.3) is 0 Å². The van der Waals surface area contributed by atoms with Crippen LogP contribution in [0.2, 0.25) is 0 Å². The van der Waals surface area contributed by atoms with Crippen molar-refractivity contribution in [3.05, 3.63) is 59.9 Å². The lowest BCUT2D eigenvalue weighted by Crippen LogP contribution is -2.48. The van der Waals surface area contributed by atoms with Gasteiger partial charge in [0.1, 0.15) is 5.75 Å². The minimum Gasteiger partial charge on any atom is -0.494 e. The number of rotatable bonds is 7. The molecule has 1 aromatic heterocycles. The van der Waals surface area contributed by atoms with Gasteiger partial charge in [0.2, 0.25) is 0 Å². The van der Waals surface area contributed by atoms with Gasteiger partial charge in [0.15, 0.2) is 0 Å². The Kier molecular flexibility index (Phi) is 6.61. The molecule has 1 N–H and O–H groups in total. The first-order valence-electron chi connectivity index (χ1n) is 9.44. The fraction of sp³-hybridized carbons (Fsp3) is 0.429. The number of hydrogen-bond acceptors (Lipinski definition) is 4. The normalized spacial score (nSPS) is 17.1. The summed E-state index contributed by atoms with van der Waals surface area (Å²) < 4.78 is 5.74. The zero-order valence-electron chi connectivity index (χ0n) is 15.4. The van der Waals surface area contributed by atoms with Gasteiger partial charge >= 0.3 is 0 Å². The molecule has 2 heterocycles. The Labute approximate surface area is 155 Å². The SMILES string of the molecule is CCCCCOc1ccc(C(=O)N2CCNCC2c2cccnc2)cc1. The van der Waals surface area contributed by atoms with Gasteiger partial charge in [0.25, 0.3) is 5.91 Å². The molecule has 138 valence electrons. The summed E-state index contributed by atoms with van der Waals surface area (Å²) in [6, 6.07) is 11.4. The maximum atomic E-state index is 13.0. The molecular weight excluding hydrogens is 326 g/mol. The molecule has 1 saturated heterocycles. The fourth-order valence-corrected chi connectivity index (χ4v) is 3.22. The third-order valence-electron chi connectivity index (χ3n) is 4.69. The van der Waals surface area contributed by atoms with Gasteiger partial charge in [0, 0.05) is 37.6 Å². The highest BCUT2D eigenvalue weighted by atomic mass is 16.5. The van der Waals surface area contributed by atoms with Crippen LogP contribution in [-0.2, 0) is 0 Å². The van der Waals surface area contributed by atoms with Crippen molar-refractivity contribution < 1.29 is 9.53 Å². The highest BCUT2D eigenvalue weighted by molar-refractivity contribution is 5.94. The summed E-state index contributed by atoms with van der Waals surface area (Å²) in [4.78, 5) is 19.2. The maximum absolute atomic E-state index is 13.0. The Morgan fingerprint density at radius 3 is 2.85 bits per heavy atom. The predicted molar refractivity (Wildman–Crippen MR) is 102 cm³/mol. The summed E-state index contributed by atoms with van der Waals surface area (Å²) in [5.41, 5.74) is 1.76. The Hall–Kier alpha value is -2.40. The van der Waals surface area contributed by atoms with E-state index >= 15 is 0 Å². The van der Waals surface area contributed by atoms with E-state index in [9.17, 15) is 4.79 Å². The molecule has 1 unspecified atom stereocenters. The largest absolute Gasteiger partial charge is 0.494 e. The van der Waals surface area contributed by atoms with E-state index in [1.54, 1.807) is 6.20 Å². The van der Waals surface area contributed by atoms with Gasteiger partial charge < -0.3 is 15.0 Å². The summed E-state index contributed by atoms with van der Waals surface area (Å²) in [7, 11) is 0. The minimum atomic E-state index is 0.00919. The van der Waals surface area contributed by atoms with Gasteiger partial charge in [-0.05, 0) is 42.3 Å². The quantitative estimate of drug-likeness (QED) is 0.775. The number of amides is 1. The number of hydrogen-bond donors (Lipinski definition) is 1. The molecule has 1 aromatic carbocycles. The Morgan fingerprint density at radius 1 is 1.27 bits per heavy atom. The number of nitrogens with one attached hydrogen (secondary N) is 1. The Balaban J connectivity index is 1.67. The van der Waals surface area contributed by atoms with E-state index in [2.05, 4.69) is 17.2 Å². The van der Waals surface area contributed by atoms with Crippen LogP contribution < -0.4 is 10.1 Å². The van der Waals surface area contributed by atoms with Crippen LogP contribution in [0.1, 0.15) is 48.1 Å². The summed E-state index contributed by atoms with van der Waals surface area (Å²) in [6.45, 7) is 5.14. The molecule has 0 aliphatic carbocycles. The number of carbonyl (C=O) groups is 1. The molecule has 0 bridgehead atoms. The molecule has 5 nitrogen and oxygen atoms in total. The molecule has 1 atom stereocenters. The second-order valence-electron chi connectivity index (χ2n) is 6.58. The Bertz CT molecular complexity index is 688. The van der Waals surface area contributed by atoms with Gasteiger partial charge in [-0.2, -0.15) is 0 Å². The average Bonchev–Trinajstić information content (AvgIpc) is 2.72. The molecule has 2 aromatic rings. The smallest absolute Gasteiger partial charge is 0.254 e. The number of carbonyl (C=O) groups excluding carboxylic acids is 1. The second kappa shape index (κ2) is 9.34. The molecule has 1 aliphatic rings. The number of pyridine rings is 1. The number of ether oxygens (including phenoxy) is 1. The van der Waals surface area contributed by atoms with Crippen molar-refractivity contribution in [2.24, 2.45) is 0 Å². The van der Waals surface area contributed by atoms with Crippen LogP contribution in [0, 0.1) is 0 Å². The van der Waals surface area contributed by atoms with Gasteiger partial charge in [-0.25, -0.2) is 0 Å². The van der Waals surface area contributed by atoms with Crippen molar-refractivity contribution in [2.45, 2.75) is 32.2 Å². The lowest BCUT2D eigenvalue weighted by atomic mass is 10.0.